The van der Waals surface area contributed by atoms with Crippen molar-refractivity contribution in [1.29, 1.82) is 0 Å². The van der Waals surface area contributed by atoms with Crippen molar-refractivity contribution in [1.82, 2.24) is 10.3 Å². The fourth-order valence-corrected chi connectivity index (χ4v) is 2.51. The predicted octanol–water partition coefficient (Wildman–Crippen LogP) is 2.17. The average molecular weight is 234 g/mol. The van der Waals surface area contributed by atoms with E-state index in [0.717, 1.165) is 19.4 Å². The molecule has 1 aliphatic carbocycles. The quantitative estimate of drug-likeness (QED) is 0.848. The lowest BCUT2D eigenvalue weighted by Crippen LogP contribution is -2.37. The van der Waals surface area contributed by atoms with Gasteiger partial charge in [0.25, 0.3) is 0 Å². The summed E-state index contributed by atoms with van der Waals surface area (Å²) in [5, 5.41) is 3.63. The van der Waals surface area contributed by atoms with Crippen molar-refractivity contribution in [3.8, 4) is 0 Å². The molecule has 2 atom stereocenters. The zero-order chi connectivity index (χ0) is 11.9. The maximum atomic E-state index is 5.44. The van der Waals surface area contributed by atoms with Gasteiger partial charge in [0.1, 0.15) is 0 Å². The first-order valence-corrected chi connectivity index (χ1v) is 6.53. The number of pyridine rings is 1. The van der Waals surface area contributed by atoms with E-state index in [4.69, 9.17) is 4.74 Å². The molecule has 17 heavy (non-hydrogen) atoms. The lowest BCUT2D eigenvalue weighted by molar-refractivity contribution is 0.0590. The SMILES string of the molecule is COC1CCCC(NCCc2ccncc2)C1. The second-order valence-corrected chi connectivity index (χ2v) is 4.78. The molecule has 0 spiro atoms. The summed E-state index contributed by atoms with van der Waals surface area (Å²) in [5.41, 5.74) is 1.35. The lowest BCUT2D eigenvalue weighted by atomic mass is 9.93. The number of ether oxygens (including phenoxy) is 1. The molecule has 0 aliphatic heterocycles. The molecule has 0 aromatic carbocycles. The Morgan fingerprint density at radius 3 is 2.94 bits per heavy atom. The number of nitrogens with zero attached hydrogens (tertiary/aromatic N) is 1. The summed E-state index contributed by atoms with van der Waals surface area (Å²) >= 11 is 0. The zero-order valence-electron chi connectivity index (χ0n) is 10.6. The van der Waals surface area contributed by atoms with Crippen LogP contribution in [0.5, 0.6) is 0 Å². The molecule has 2 unspecified atom stereocenters. The van der Waals surface area contributed by atoms with E-state index < -0.39 is 0 Å². The van der Waals surface area contributed by atoms with E-state index in [1.54, 1.807) is 0 Å². The number of nitrogens with one attached hydrogen (secondary N) is 1. The van der Waals surface area contributed by atoms with Crippen LogP contribution < -0.4 is 5.32 Å². The van der Waals surface area contributed by atoms with Crippen LogP contribution in [0.25, 0.3) is 0 Å². The van der Waals surface area contributed by atoms with Gasteiger partial charge in [0.15, 0.2) is 0 Å². The molecule has 1 aromatic rings. The standard InChI is InChI=1S/C14H22N2O/c1-17-14-4-2-3-13(11-14)16-10-7-12-5-8-15-9-6-12/h5-6,8-9,13-14,16H,2-4,7,10-11H2,1H3. The fraction of sp³-hybridized carbons (Fsp3) is 0.643. The van der Waals surface area contributed by atoms with Crippen LogP contribution in [0.2, 0.25) is 0 Å². The van der Waals surface area contributed by atoms with Crippen LogP contribution in [0.15, 0.2) is 24.5 Å². The Labute approximate surface area is 104 Å². The molecule has 0 saturated heterocycles. The molecule has 0 radical (unpaired) electrons. The van der Waals surface area contributed by atoms with Gasteiger partial charge in [-0.1, -0.05) is 0 Å². The minimum atomic E-state index is 0.460. The summed E-state index contributed by atoms with van der Waals surface area (Å²) in [6, 6.07) is 4.80. The molecular formula is C14H22N2O. The van der Waals surface area contributed by atoms with E-state index >= 15 is 0 Å². The first-order chi connectivity index (χ1) is 8.38. The monoisotopic (exact) mass is 234 g/mol. The van der Waals surface area contributed by atoms with Gasteiger partial charge in [-0.3, -0.25) is 4.98 Å². The molecule has 1 heterocycles. The molecule has 1 fully saturated rings. The van der Waals surface area contributed by atoms with Gasteiger partial charge in [-0.25, -0.2) is 0 Å². The van der Waals surface area contributed by atoms with Gasteiger partial charge in [0, 0.05) is 25.5 Å². The van der Waals surface area contributed by atoms with Crippen LogP contribution in [0.3, 0.4) is 0 Å². The van der Waals surface area contributed by atoms with Crippen molar-refractivity contribution in [2.24, 2.45) is 0 Å². The lowest BCUT2D eigenvalue weighted by Gasteiger charge is -2.28. The number of rotatable bonds is 5. The number of methoxy groups -OCH3 is 1. The van der Waals surface area contributed by atoms with E-state index in [0.29, 0.717) is 12.1 Å². The van der Waals surface area contributed by atoms with Crippen molar-refractivity contribution in [2.75, 3.05) is 13.7 Å². The van der Waals surface area contributed by atoms with Crippen molar-refractivity contribution < 1.29 is 4.74 Å². The molecule has 1 aliphatic rings. The third kappa shape index (κ3) is 4.10. The third-order valence-electron chi connectivity index (χ3n) is 3.56. The first-order valence-electron chi connectivity index (χ1n) is 6.53. The van der Waals surface area contributed by atoms with Gasteiger partial charge in [-0.2, -0.15) is 0 Å². The van der Waals surface area contributed by atoms with E-state index in [1.807, 2.05) is 19.5 Å². The van der Waals surface area contributed by atoms with Gasteiger partial charge in [-0.15, -0.1) is 0 Å². The van der Waals surface area contributed by atoms with E-state index in [9.17, 15) is 0 Å². The van der Waals surface area contributed by atoms with E-state index in [1.165, 1.54) is 24.8 Å². The number of hydrogen-bond donors (Lipinski definition) is 1. The largest absolute Gasteiger partial charge is 0.381 e. The maximum Gasteiger partial charge on any atom is 0.0586 e. The van der Waals surface area contributed by atoms with Gasteiger partial charge >= 0.3 is 0 Å². The van der Waals surface area contributed by atoms with Crippen molar-refractivity contribution in [3.05, 3.63) is 30.1 Å². The van der Waals surface area contributed by atoms with Gasteiger partial charge in [-0.05, 0) is 56.3 Å². The molecule has 3 nitrogen and oxygen atoms in total. The normalized spacial score (nSPS) is 24.8. The van der Waals surface area contributed by atoms with Crippen LogP contribution in [0.4, 0.5) is 0 Å². The molecule has 0 amide bonds. The molecule has 1 N–H and O–H groups in total. The Hall–Kier alpha value is -0.930. The number of aromatic nitrogens is 1. The molecular weight excluding hydrogens is 212 g/mol. The summed E-state index contributed by atoms with van der Waals surface area (Å²) in [4.78, 5) is 4.03. The molecule has 1 aromatic heterocycles. The van der Waals surface area contributed by atoms with Gasteiger partial charge in [0.05, 0.1) is 6.10 Å². The zero-order valence-corrected chi connectivity index (χ0v) is 10.6. The van der Waals surface area contributed by atoms with Crippen LogP contribution in [-0.4, -0.2) is 30.8 Å². The summed E-state index contributed by atoms with van der Waals surface area (Å²) in [5.74, 6) is 0. The highest BCUT2D eigenvalue weighted by atomic mass is 16.5. The highest BCUT2D eigenvalue weighted by molar-refractivity contribution is 5.09. The predicted molar refractivity (Wildman–Crippen MR) is 69.0 cm³/mol. The molecule has 1 saturated carbocycles. The topological polar surface area (TPSA) is 34.1 Å². The van der Waals surface area contributed by atoms with Gasteiger partial charge in [0.2, 0.25) is 0 Å². The molecule has 2 rings (SSSR count). The summed E-state index contributed by atoms with van der Waals surface area (Å²) < 4.78 is 5.44. The van der Waals surface area contributed by atoms with Crippen molar-refractivity contribution in [2.45, 2.75) is 44.2 Å². The summed E-state index contributed by atoms with van der Waals surface area (Å²) in [7, 11) is 1.82. The van der Waals surface area contributed by atoms with Crippen LogP contribution in [-0.2, 0) is 11.2 Å². The van der Waals surface area contributed by atoms with Crippen LogP contribution in [0, 0.1) is 0 Å². The molecule has 94 valence electrons. The van der Waals surface area contributed by atoms with Gasteiger partial charge < -0.3 is 10.1 Å². The number of hydrogen-bond acceptors (Lipinski definition) is 3. The molecule has 3 heteroatoms. The summed E-state index contributed by atoms with van der Waals surface area (Å²) in [6.07, 6.45) is 10.2. The van der Waals surface area contributed by atoms with Crippen molar-refractivity contribution >= 4 is 0 Å². The van der Waals surface area contributed by atoms with E-state index in [2.05, 4.69) is 22.4 Å². The Bertz CT molecular complexity index is 315. The smallest absolute Gasteiger partial charge is 0.0586 e. The highest BCUT2D eigenvalue weighted by Crippen LogP contribution is 2.20. The fourth-order valence-electron chi connectivity index (χ4n) is 2.51. The van der Waals surface area contributed by atoms with Crippen LogP contribution >= 0.6 is 0 Å². The first kappa shape index (κ1) is 12.5. The Kier molecular flexibility index (Phi) is 4.95. The Balaban J connectivity index is 1.68. The second kappa shape index (κ2) is 6.72. The maximum absolute atomic E-state index is 5.44. The minimum Gasteiger partial charge on any atom is -0.381 e. The Morgan fingerprint density at radius 1 is 1.35 bits per heavy atom. The van der Waals surface area contributed by atoms with E-state index in [-0.39, 0.29) is 0 Å². The van der Waals surface area contributed by atoms with Crippen molar-refractivity contribution in [3.63, 3.8) is 0 Å². The second-order valence-electron chi connectivity index (χ2n) is 4.78. The third-order valence-corrected chi connectivity index (χ3v) is 3.56. The van der Waals surface area contributed by atoms with Crippen LogP contribution in [0.1, 0.15) is 31.2 Å². The summed E-state index contributed by atoms with van der Waals surface area (Å²) in [6.45, 7) is 1.05. The molecule has 0 bridgehead atoms. The highest BCUT2D eigenvalue weighted by Gasteiger charge is 2.20. The minimum absolute atomic E-state index is 0.460. The Morgan fingerprint density at radius 2 is 2.18 bits per heavy atom. The average Bonchev–Trinajstić information content (AvgIpc) is 2.40.